The van der Waals surface area contributed by atoms with Gasteiger partial charge in [0.2, 0.25) is 5.91 Å². The molecule has 0 aliphatic carbocycles. The van der Waals surface area contributed by atoms with Crippen molar-refractivity contribution >= 4 is 5.91 Å². The number of nitrogens with one attached hydrogen (secondary N) is 1. The number of hydrogen-bond donors (Lipinski definition) is 2. The van der Waals surface area contributed by atoms with E-state index in [4.69, 9.17) is 5.73 Å². The van der Waals surface area contributed by atoms with Crippen molar-refractivity contribution in [3.05, 3.63) is 41.8 Å². The van der Waals surface area contributed by atoms with E-state index in [1.165, 1.54) is 12.1 Å². The SMILES string of the molecule is CC(N)C(C)C(=O)N(C)CCCc1cc(-c2cccc(F)c2)n[nH]1. The number of benzene rings is 1. The van der Waals surface area contributed by atoms with Crippen LogP contribution in [0.3, 0.4) is 0 Å². The fourth-order valence-corrected chi connectivity index (χ4v) is 2.47. The monoisotopic (exact) mass is 332 g/mol. The van der Waals surface area contributed by atoms with Crippen molar-refractivity contribution in [2.24, 2.45) is 11.7 Å². The molecule has 0 bridgehead atoms. The van der Waals surface area contributed by atoms with Crippen LogP contribution >= 0.6 is 0 Å². The Labute approximate surface area is 142 Å². The van der Waals surface area contributed by atoms with Crippen LogP contribution in [0, 0.1) is 11.7 Å². The highest BCUT2D eigenvalue weighted by atomic mass is 19.1. The topological polar surface area (TPSA) is 75.0 Å². The molecule has 0 spiro atoms. The van der Waals surface area contributed by atoms with Crippen molar-refractivity contribution < 1.29 is 9.18 Å². The Hall–Kier alpha value is -2.21. The first-order valence-corrected chi connectivity index (χ1v) is 8.19. The number of hydrogen-bond acceptors (Lipinski definition) is 3. The number of nitrogens with zero attached hydrogens (tertiary/aromatic N) is 2. The lowest BCUT2D eigenvalue weighted by Crippen LogP contribution is -2.40. The van der Waals surface area contributed by atoms with Crippen LogP contribution < -0.4 is 5.73 Å². The summed E-state index contributed by atoms with van der Waals surface area (Å²) in [6, 6.07) is 8.13. The predicted octanol–water partition coefficient (Wildman–Crippen LogP) is 2.59. The van der Waals surface area contributed by atoms with Gasteiger partial charge in [-0.3, -0.25) is 9.89 Å². The average molecular weight is 332 g/mol. The highest BCUT2D eigenvalue weighted by Crippen LogP contribution is 2.19. The van der Waals surface area contributed by atoms with Crippen molar-refractivity contribution in [2.45, 2.75) is 32.7 Å². The number of carbonyl (C=O) groups is 1. The maximum atomic E-state index is 13.3. The molecule has 0 saturated carbocycles. The third-order valence-electron chi connectivity index (χ3n) is 4.25. The Morgan fingerprint density at radius 2 is 2.12 bits per heavy atom. The normalized spacial score (nSPS) is 13.5. The highest BCUT2D eigenvalue weighted by molar-refractivity contribution is 5.78. The first kappa shape index (κ1) is 18.1. The van der Waals surface area contributed by atoms with Gasteiger partial charge in [0.15, 0.2) is 0 Å². The molecule has 0 saturated heterocycles. The summed E-state index contributed by atoms with van der Waals surface area (Å²) in [6.45, 7) is 4.35. The predicted molar refractivity (Wildman–Crippen MR) is 92.8 cm³/mol. The molecule has 1 aromatic carbocycles. The van der Waals surface area contributed by atoms with Crippen LogP contribution in [0.15, 0.2) is 30.3 Å². The van der Waals surface area contributed by atoms with E-state index in [-0.39, 0.29) is 23.7 Å². The lowest BCUT2D eigenvalue weighted by molar-refractivity contribution is -0.134. The van der Waals surface area contributed by atoms with Crippen LogP contribution in [0.25, 0.3) is 11.3 Å². The standard InChI is InChI=1S/C18H25FN4O/c1-12(13(2)20)18(24)23(3)9-5-8-16-11-17(22-21-16)14-6-4-7-15(19)10-14/h4,6-7,10-13H,5,8-9,20H2,1-3H3,(H,21,22). The van der Waals surface area contributed by atoms with E-state index in [0.717, 1.165) is 29.8 Å². The summed E-state index contributed by atoms with van der Waals surface area (Å²) in [4.78, 5) is 13.9. The lowest BCUT2D eigenvalue weighted by Gasteiger charge is -2.23. The maximum absolute atomic E-state index is 13.3. The van der Waals surface area contributed by atoms with E-state index in [2.05, 4.69) is 10.2 Å². The van der Waals surface area contributed by atoms with Gasteiger partial charge in [-0.05, 0) is 38.0 Å². The third kappa shape index (κ3) is 4.64. The number of H-pyrrole nitrogens is 1. The largest absolute Gasteiger partial charge is 0.345 e. The second-order valence-electron chi connectivity index (χ2n) is 6.30. The summed E-state index contributed by atoms with van der Waals surface area (Å²) in [6.07, 6.45) is 1.59. The molecule has 0 aliphatic heterocycles. The molecule has 0 fully saturated rings. The van der Waals surface area contributed by atoms with Crippen LogP contribution in [0.1, 0.15) is 26.0 Å². The average Bonchev–Trinajstić information content (AvgIpc) is 3.02. The smallest absolute Gasteiger partial charge is 0.226 e. The van der Waals surface area contributed by atoms with Gasteiger partial charge in [0.25, 0.3) is 0 Å². The van der Waals surface area contributed by atoms with Crippen LogP contribution in [0.5, 0.6) is 0 Å². The molecule has 1 heterocycles. The molecular formula is C18H25FN4O. The molecule has 130 valence electrons. The number of aromatic nitrogens is 2. The van der Waals surface area contributed by atoms with Gasteiger partial charge in [0.1, 0.15) is 5.82 Å². The van der Waals surface area contributed by atoms with Gasteiger partial charge in [-0.25, -0.2) is 4.39 Å². The molecule has 6 heteroatoms. The zero-order valence-corrected chi connectivity index (χ0v) is 14.4. The molecular weight excluding hydrogens is 307 g/mol. The van der Waals surface area contributed by atoms with Gasteiger partial charge in [0, 0.05) is 30.9 Å². The quantitative estimate of drug-likeness (QED) is 0.818. The summed E-state index contributed by atoms with van der Waals surface area (Å²) >= 11 is 0. The fraction of sp³-hybridized carbons (Fsp3) is 0.444. The molecule has 1 amide bonds. The Morgan fingerprint density at radius 1 is 1.38 bits per heavy atom. The van der Waals surface area contributed by atoms with Gasteiger partial charge >= 0.3 is 0 Å². The number of rotatable bonds is 7. The van der Waals surface area contributed by atoms with E-state index in [1.807, 2.05) is 26.0 Å². The Bertz CT molecular complexity index is 683. The van der Waals surface area contributed by atoms with Crippen molar-refractivity contribution in [3.63, 3.8) is 0 Å². The number of amides is 1. The van der Waals surface area contributed by atoms with Crippen LogP contribution in [-0.2, 0) is 11.2 Å². The number of halogens is 1. The molecule has 2 aromatic rings. The summed E-state index contributed by atoms with van der Waals surface area (Å²) in [7, 11) is 1.80. The minimum Gasteiger partial charge on any atom is -0.345 e. The number of carbonyl (C=O) groups excluding carboxylic acids is 1. The van der Waals surface area contributed by atoms with E-state index >= 15 is 0 Å². The number of aryl methyl sites for hydroxylation is 1. The summed E-state index contributed by atoms with van der Waals surface area (Å²) in [5.41, 5.74) is 8.21. The summed E-state index contributed by atoms with van der Waals surface area (Å²) in [5.74, 6) is -0.391. The Morgan fingerprint density at radius 3 is 2.79 bits per heavy atom. The number of aromatic amines is 1. The van der Waals surface area contributed by atoms with Gasteiger partial charge < -0.3 is 10.6 Å². The molecule has 2 rings (SSSR count). The van der Waals surface area contributed by atoms with E-state index in [1.54, 1.807) is 18.0 Å². The first-order chi connectivity index (χ1) is 11.4. The van der Waals surface area contributed by atoms with Gasteiger partial charge in [-0.2, -0.15) is 5.10 Å². The van der Waals surface area contributed by atoms with Gasteiger partial charge in [-0.1, -0.05) is 19.1 Å². The second kappa shape index (κ2) is 8.06. The highest BCUT2D eigenvalue weighted by Gasteiger charge is 2.20. The van der Waals surface area contributed by atoms with Crippen LogP contribution in [0.2, 0.25) is 0 Å². The zero-order valence-electron chi connectivity index (χ0n) is 14.4. The lowest BCUT2D eigenvalue weighted by atomic mass is 10.0. The first-order valence-electron chi connectivity index (χ1n) is 8.19. The van der Waals surface area contributed by atoms with Crippen LogP contribution in [0.4, 0.5) is 4.39 Å². The van der Waals surface area contributed by atoms with Crippen molar-refractivity contribution in [1.82, 2.24) is 15.1 Å². The third-order valence-corrected chi connectivity index (χ3v) is 4.25. The molecule has 1 aromatic heterocycles. The van der Waals surface area contributed by atoms with Crippen molar-refractivity contribution in [3.8, 4) is 11.3 Å². The van der Waals surface area contributed by atoms with Gasteiger partial charge in [-0.15, -0.1) is 0 Å². The van der Waals surface area contributed by atoms with Crippen molar-refractivity contribution in [2.75, 3.05) is 13.6 Å². The Kier molecular flexibility index (Phi) is 6.09. The zero-order chi connectivity index (χ0) is 17.7. The molecule has 3 N–H and O–H groups in total. The van der Waals surface area contributed by atoms with Gasteiger partial charge in [0.05, 0.1) is 11.6 Å². The molecule has 5 nitrogen and oxygen atoms in total. The second-order valence-corrected chi connectivity index (χ2v) is 6.30. The maximum Gasteiger partial charge on any atom is 0.226 e. The fourth-order valence-electron chi connectivity index (χ4n) is 2.47. The molecule has 2 unspecified atom stereocenters. The minimum absolute atomic E-state index is 0.0649. The molecule has 2 atom stereocenters. The molecule has 0 aliphatic rings. The summed E-state index contributed by atoms with van der Waals surface area (Å²) < 4.78 is 13.3. The van der Waals surface area contributed by atoms with Crippen molar-refractivity contribution in [1.29, 1.82) is 0 Å². The Balaban J connectivity index is 1.86. The molecule has 24 heavy (non-hydrogen) atoms. The van der Waals surface area contributed by atoms with Crippen LogP contribution in [-0.4, -0.2) is 40.6 Å². The van der Waals surface area contributed by atoms with E-state index < -0.39 is 0 Å². The number of nitrogens with two attached hydrogens (primary N) is 1. The van der Waals surface area contributed by atoms with E-state index in [9.17, 15) is 9.18 Å². The minimum atomic E-state index is -0.277. The summed E-state index contributed by atoms with van der Waals surface area (Å²) in [5, 5.41) is 7.19. The molecule has 0 radical (unpaired) electrons. The van der Waals surface area contributed by atoms with E-state index in [0.29, 0.717) is 6.54 Å².